The summed E-state index contributed by atoms with van der Waals surface area (Å²) in [7, 11) is 0. The van der Waals surface area contributed by atoms with Crippen LogP contribution in [0.5, 0.6) is 0 Å². The fourth-order valence-electron chi connectivity index (χ4n) is 3.08. The van der Waals surface area contributed by atoms with Crippen molar-refractivity contribution in [1.29, 1.82) is 0 Å². The van der Waals surface area contributed by atoms with Crippen molar-refractivity contribution < 1.29 is 33.3 Å². The Kier molecular flexibility index (Phi) is 6.61. The Hall–Kier alpha value is -3.19. The van der Waals surface area contributed by atoms with Gasteiger partial charge >= 0.3 is 17.9 Å². The maximum atomic E-state index is 12.6. The first-order valence-electron chi connectivity index (χ1n) is 9.34. The molecule has 3 rings (SSSR count). The van der Waals surface area contributed by atoms with E-state index in [0.29, 0.717) is 17.5 Å². The monoisotopic (exact) mass is 398 g/mol. The van der Waals surface area contributed by atoms with Gasteiger partial charge in [0, 0.05) is 6.92 Å². The minimum atomic E-state index is -1.17. The van der Waals surface area contributed by atoms with E-state index < -0.39 is 42.5 Å². The van der Waals surface area contributed by atoms with Crippen LogP contribution >= 0.6 is 0 Å². The topological polar surface area (TPSA) is 88.1 Å². The van der Waals surface area contributed by atoms with Crippen LogP contribution in [0.15, 0.2) is 60.7 Å². The van der Waals surface area contributed by atoms with Gasteiger partial charge < -0.3 is 18.9 Å². The molecule has 0 saturated carbocycles. The second-order valence-corrected chi connectivity index (χ2v) is 6.53. The zero-order valence-corrected chi connectivity index (χ0v) is 16.1. The highest BCUT2D eigenvalue weighted by Gasteiger charge is 2.50. The third-order valence-corrected chi connectivity index (χ3v) is 4.46. The van der Waals surface area contributed by atoms with Gasteiger partial charge in [-0.1, -0.05) is 43.3 Å². The second kappa shape index (κ2) is 9.34. The summed E-state index contributed by atoms with van der Waals surface area (Å²) in [5.74, 6) is -1.81. The van der Waals surface area contributed by atoms with E-state index in [1.807, 2.05) is 6.92 Å². The van der Waals surface area contributed by atoms with Crippen molar-refractivity contribution in [3.63, 3.8) is 0 Å². The standard InChI is InChI=1S/C22H22O7/c1-3-17-18(28-20(24)15-10-6-4-7-11-15)19(22(27-17)26-14(2)23)29-21(25)16-12-8-5-9-13-16/h4-13,17-19,22H,3H2,1-2H3/t17-,18-,19?,22-/m1/s1. The summed E-state index contributed by atoms with van der Waals surface area (Å²) in [6.45, 7) is 3.06. The number of hydrogen-bond acceptors (Lipinski definition) is 7. The number of benzene rings is 2. The quantitative estimate of drug-likeness (QED) is 0.546. The molecule has 4 atom stereocenters. The normalized spacial score (nSPS) is 23.2. The predicted molar refractivity (Wildman–Crippen MR) is 102 cm³/mol. The molecule has 1 heterocycles. The van der Waals surface area contributed by atoms with Gasteiger partial charge in [0.15, 0.2) is 6.10 Å². The lowest BCUT2D eigenvalue weighted by Crippen LogP contribution is -2.41. The molecule has 29 heavy (non-hydrogen) atoms. The number of esters is 3. The average Bonchev–Trinajstić information content (AvgIpc) is 3.04. The van der Waals surface area contributed by atoms with Crippen LogP contribution in [0.4, 0.5) is 0 Å². The number of ether oxygens (including phenoxy) is 4. The van der Waals surface area contributed by atoms with Gasteiger partial charge in [-0.3, -0.25) is 4.79 Å². The number of hydrogen-bond donors (Lipinski definition) is 0. The first-order valence-corrected chi connectivity index (χ1v) is 9.34. The van der Waals surface area contributed by atoms with Crippen molar-refractivity contribution in [2.75, 3.05) is 0 Å². The molecular formula is C22H22O7. The zero-order chi connectivity index (χ0) is 20.8. The van der Waals surface area contributed by atoms with Crippen LogP contribution in [0, 0.1) is 0 Å². The van der Waals surface area contributed by atoms with Crippen LogP contribution in [0.1, 0.15) is 41.0 Å². The molecule has 0 N–H and O–H groups in total. The van der Waals surface area contributed by atoms with Gasteiger partial charge in [0.25, 0.3) is 0 Å². The molecule has 1 aliphatic rings. The Morgan fingerprint density at radius 3 is 1.72 bits per heavy atom. The van der Waals surface area contributed by atoms with Crippen molar-refractivity contribution >= 4 is 17.9 Å². The van der Waals surface area contributed by atoms with Crippen LogP contribution in [0.25, 0.3) is 0 Å². The Morgan fingerprint density at radius 2 is 1.28 bits per heavy atom. The molecule has 7 heteroatoms. The van der Waals surface area contributed by atoms with Crippen molar-refractivity contribution in [3.8, 4) is 0 Å². The molecule has 0 radical (unpaired) electrons. The van der Waals surface area contributed by atoms with E-state index in [1.54, 1.807) is 60.7 Å². The second-order valence-electron chi connectivity index (χ2n) is 6.53. The van der Waals surface area contributed by atoms with Crippen molar-refractivity contribution in [3.05, 3.63) is 71.8 Å². The van der Waals surface area contributed by atoms with Crippen molar-refractivity contribution in [1.82, 2.24) is 0 Å². The van der Waals surface area contributed by atoms with Gasteiger partial charge in [-0.25, -0.2) is 9.59 Å². The Morgan fingerprint density at radius 1 is 0.793 bits per heavy atom. The zero-order valence-electron chi connectivity index (χ0n) is 16.1. The fourth-order valence-corrected chi connectivity index (χ4v) is 3.08. The molecule has 1 fully saturated rings. The average molecular weight is 398 g/mol. The Labute approximate surface area is 168 Å². The minimum Gasteiger partial charge on any atom is -0.452 e. The van der Waals surface area contributed by atoms with Gasteiger partial charge in [0.05, 0.1) is 11.1 Å². The molecule has 152 valence electrons. The summed E-state index contributed by atoms with van der Waals surface area (Å²) in [5, 5.41) is 0. The molecule has 0 amide bonds. The summed E-state index contributed by atoms with van der Waals surface area (Å²) in [6.07, 6.45) is -3.32. The molecule has 7 nitrogen and oxygen atoms in total. The first kappa shape index (κ1) is 20.5. The van der Waals surface area contributed by atoms with E-state index in [9.17, 15) is 14.4 Å². The van der Waals surface area contributed by atoms with Gasteiger partial charge in [-0.15, -0.1) is 0 Å². The smallest absolute Gasteiger partial charge is 0.338 e. The van der Waals surface area contributed by atoms with E-state index >= 15 is 0 Å². The highest BCUT2D eigenvalue weighted by Crippen LogP contribution is 2.31. The lowest BCUT2D eigenvalue weighted by atomic mass is 10.1. The summed E-state index contributed by atoms with van der Waals surface area (Å²) < 4.78 is 22.1. The molecule has 1 unspecified atom stereocenters. The maximum Gasteiger partial charge on any atom is 0.338 e. The molecule has 1 aliphatic heterocycles. The predicted octanol–water partition coefficient (Wildman–Crippen LogP) is 3.14. The van der Waals surface area contributed by atoms with Crippen LogP contribution < -0.4 is 0 Å². The lowest BCUT2D eigenvalue weighted by molar-refractivity contribution is -0.186. The molecule has 0 spiro atoms. The first-order chi connectivity index (χ1) is 14.0. The Bertz CT molecular complexity index is 850. The van der Waals surface area contributed by atoms with E-state index in [2.05, 4.69) is 0 Å². The highest BCUT2D eigenvalue weighted by molar-refractivity contribution is 5.90. The summed E-state index contributed by atoms with van der Waals surface area (Å²) in [5.41, 5.74) is 0.675. The molecule has 1 saturated heterocycles. The third kappa shape index (κ3) is 5.00. The largest absolute Gasteiger partial charge is 0.452 e. The SMILES string of the molecule is CC[C@H]1O[C@@H](OC(C)=O)C(OC(=O)c2ccccc2)[C@@H]1OC(=O)c1ccccc1. The van der Waals surface area contributed by atoms with Crippen LogP contribution in [0.2, 0.25) is 0 Å². The van der Waals surface area contributed by atoms with Crippen molar-refractivity contribution in [2.24, 2.45) is 0 Å². The molecule has 0 aromatic heterocycles. The molecule has 2 aromatic carbocycles. The van der Waals surface area contributed by atoms with E-state index in [1.165, 1.54) is 6.92 Å². The number of carbonyl (C=O) groups is 3. The van der Waals surface area contributed by atoms with E-state index in [0.717, 1.165) is 0 Å². The number of carbonyl (C=O) groups excluding carboxylic acids is 3. The fraction of sp³-hybridized carbons (Fsp3) is 0.318. The molecular weight excluding hydrogens is 376 g/mol. The summed E-state index contributed by atoms with van der Waals surface area (Å²) in [6, 6.07) is 16.8. The van der Waals surface area contributed by atoms with Crippen molar-refractivity contribution in [2.45, 2.75) is 44.9 Å². The summed E-state index contributed by atoms with van der Waals surface area (Å²) >= 11 is 0. The lowest BCUT2D eigenvalue weighted by Gasteiger charge is -2.23. The molecule has 0 aliphatic carbocycles. The van der Waals surface area contributed by atoms with Gasteiger partial charge in [-0.05, 0) is 30.7 Å². The van der Waals surface area contributed by atoms with Crippen LogP contribution in [-0.4, -0.2) is 42.5 Å². The van der Waals surface area contributed by atoms with Gasteiger partial charge in [0.1, 0.15) is 6.10 Å². The number of rotatable bonds is 6. The highest BCUT2D eigenvalue weighted by atomic mass is 16.7. The van der Waals surface area contributed by atoms with Crippen LogP contribution in [0.3, 0.4) is 0 Å². The molecule has 2 aromatic rings. The van der Waals surface area contributed by atoms with E-state index in [-0.39, 0.29) is 0 Å². The Balaban J connectivity index is 1.83. The van der Waals surface area contributed by atoms with E-state index in [4.69, 9.17) is 18.9 Å². The summed E-state index contributed by atoms with van der Waals surface area (Å²) in [4.78, 5) is 36.6. The van der Waals surface area contributed by atoms with Gasteiger partial charge in [0.2, 0.25) is 12.4 Å². The minimum absolute atomic E-state index is 0.321. The van der Waals surface area contributed by atoms with Gasteiger partial charge in [-0.2, -0.15) is 0 Å². The van der Waals surface area contributed by atoms with Crippen LogP contribution in [-0.2, 0) is 23.7 Å². The maximum absolute atomic E-state index is 12.6. The molecule has 0 bridgehead atoms. The third-order valence-electron chi connectivity index (χ3n) is 4.46.